The van der Waals surface area contributed by atoms with Crippen molar-refractivity contribution in [3.05, 3.63) is 65.0 Å². The van der Waals surface area contributed by atoms with Crippen molar-refractivity contribution < 1.29 is 9.18 Å². The number of carbonyl (C=O) groups excluding carboxylic acids is 1. The lowest BCUT2D eigenvalue weighted by atomic mass is 10.2. The predicted octanol–water partition coefficient (Wildman–Crippen LogP) is 2.78. The van der Waals surface area contributed by atoms with Gasteiger partial charge >= 0.3 is 0 Å². The zero-order chi connectivity index (χ0) is 17.4. The minimum absolute atomic E-state index is 0.180. The maximum absolute atomic E-state index is 13.2. The number of fused-ring (bicyclic) bond motifs is 2. The number of aromatic nitrogens is 3. The van der Waals surface area contributed by atoms with Crippen LogP contribution < -0.4 is 10.9 Å². The normalized spacial score (nSPS) is 11.1. The number of rotatable bonds is 3. The van der Waals surface area contributed by atoms with Crippen molar-refractivity contribution in [1.82, 2.24) is 14.5 Å². The summed E-state index contributed by atoms with van der Waals surface area (Å²) in [6.45, 7) is -0.180. The average molecular weight is 354 g/mol. The molecule has 0 bridgehead atoms. The van der Waals surface area contributed by atoms with Crippen LogP contribution in [0.25, 0.3) is 21.1 Å². The zero-order valence-electron chi connectivity index (χ0n) is 12.8. The minimum atomic E-state index is -0.404. The summed E-state index contributed by atoms with van der Waals surface area (Å²) in [7, 11) is 0. The number of amides is 1. The van der Waals surface area contributed by atoms with Crippen LogP contribution in [-0.2, 0) is 11.3 Å². The van der Waals surface area contributed by atoms with Gasteiger partial charge < -0.3 is 5.32 Å². The molecule has 0 spiro atoms. The number of benzene rings is 2. The Morgan fingerprint density at radius 3 is 2.92 bits per heavy atom. The van der Waals surface area contributed by atoms with Gasteiger partial charge in [0.05, 0.1) is 27.4 Å². The number of hydrogen-bond acceptors (Lipinski definition) is 5. The lowest BCUT2D eigenvalue weighted by Crippen LogP contribution is -2.27. The molecule has 1 amide bonds. The third-order valence-electron chi connectivity index (χ3n) is 3.64. The summed E-state index contributed by atoms with van der Waals surface area (Å²) in [6, 6.07) is 11.2. The van der Waals surface area contributed by atoms with Crippen molar-refractivity contribution in [1.29, 1.82) is 0 Å². The maximum atomic E-state index is 13.2. The standard InChI is InChI=1S/C17H11FN4O2S/c18-10-5-6-13-14(7-10)25-17(20-13)21-15(23)8-22-9-19-12-4-2-1-3-11(12)16(22)24/h1-7,9H,8H2,(H,20,21,23). The zero-order valence-corrected chi connectivity index (χ0v) is 13.6. The Balaban J connectivity index is 1.57. The second-order valence-corrected chi connectivity index (χ2v) is 6.40. The molecule has 0 fully saturated rings. The van der Waals surface area contributed by atoms with Crippen molar-refractivity contribution in [2.75, 3.05) is 5.32 Å². The molecule has 1 N–H and O–H groups in total. The Morgan fingerprint density at radius 2 is 2.04 bits per heavy atom. The number of para-hydroxylation sites is 1. The first kappa shape index (κ1) is 15.4. The van der Waals surface area contributed by atoms with E-state index in [9.17, 15) is 14.0 Å². The van der Waals surface area contributed by atoms with Gasteiger partial charge in [-0.3, -0.25) is 14.2 Å². The summed E-state index contributed by atoms with van der Waals surface area (Å²) >= 11 is 1.17. The molecule has 0 unspecified atom stereocenters. The molecular weight excluding hydrogens is 343 g/mol. The first-order valence-electron chi connectivity index (χ1n) is 7.40. The molecule has 0 saturated carbocycles. The molecule has 8 heteroatoms. The van der Waals surface area contributed by atoms with Crippen LogP contribution in [0, 0.1) is 5.82 Å². The van der Waals surface area contributed by atoms with E-state index in [1.54, 1.807) is 30.3 Å². The molecule has 6 nitrogen and oxygen atoms in total. The Morgan fingerprint density at radius 1 is 1.20 bits per heavy atom. The molecular formula is C17H11FN4O2S. The first-order chi connectivity index (χ1) is 12.1. The van der Waals surface area contributed by atoms with Crippen molar-refractivity contribution in [3.8, 4) is 0 Å². The predicted molar refractivity (Wildman–Crippen MR) is 94.2 cm³/mol. The van der Waals surface area contributed by atoms with Crippen LogP contribution >= 0.6 is 11.3 Å². The molecule has 4 aromatic rings. The summed E-state index contributed by atoms with van der Waals surface area (Å²) in [5.41, 5.74) is 0.899. The van der Waals surface area contributed by atoms with E-state index in [0.29, 0.717) is 26.3 Å². The second-order valence-electron chi connectivity index (χ2n) is 5.37. The van der Waals surface area contributed by atoms with Crippen LogP contribution in [0.15, 0.2) is 53.6 Å². The summed E-state index contributed by atoms with van der Waals surface area (Å²) in [5, 5.41) is 3.44. The number of anilines is 1. The highest BCUT2D eigenvalue weighted by atomic mass is 32.1. The smallest absolute Gasteiger partial charge is 0.261 e. The minimum Gasteiger partial charge on any atom is -0.300 e. The maximum Gasteiger partial charge on any atom is 0.261 e. The molecule has 2 heterocycles. The molecule has 0 aliphatic heterocycles. The largest absolute Gasteiger partial charge is 0.300 e. The van der Waals surface area contributed by atoms with E-state index in [1.165, 1.54) is 34.4 Å². The molecule has 0 atom stereocenters. The number of carbonyl (C=O) groups is 1. The van der Waals surface area contributed by atoms with Gasteiger partial charge in [-0.2, -0.15) is 0 Å². The van der Waals surface area contributed by atoms with Crippen molar-refractivity contribution in [3.63, 3.8) is 0 Å². The highest BCUT2D eigenvalue weighted by Crippen LogP contribution is 2.26. The molecule has 0 saturated heterocycles. The van der Waals surface area contributed by atoms with E-state index in [1.807, 2.05) is 0 Å². The Labute approximate surface area is 144 Å². The lowest BCUT2D eigenvalue weighted by Gasteiger charge is -2.06. The molecule has 2 aromatic carbocycles. The topological polar surface area (TPSA) is 76.9 Å². The first-order valence-corrected chi connectivity index (χ1v) is 8.22. The SMILES string of the molecule is O=C(Cn1cnc2ccccc2c1=O)Nc1nc2ccc(F)cc2s1. The lowest BCUT2D eigenvalue weighted by molar-refractivity contribution is -0.116. The van der Waals surface area contributed by atoms with Gasteiger partial charge in [-0.15, -0.1) is 0 Å². The van der Waals surface area contributed by atoms with E-state index < -0.39 is 5.91 Å². The van der Waals surface area contributed by atoms with E-state index >= 15 is 0 Å². The Kier molecular flexibility index (Phi) is 3.73. The van der Waals surface area contributed by atoms with Gasteiger partial charge in [0, 0.05) is 0 Å². The van der Waals surface area contributed by atoms with Gasteiger partial charge in [0.25, 0.3) is 5.56 Å². The molecule has 0 radical (unpaired) electrons. The fourth-order valence-electron chi connectivity index (χ4n) is 2.48. The summed E-state index contributed by atoms with van der Waals surface area (Å²) in [5.74, 6) is -0.762. The van der Waals surface area contributed by atoms with Gasteiger partial charge in [0.1, 0.15) is 12.4 Å². The van der Waals surface area contributed by atoms with Gasteiger partial charge in [-0.25, -0.2) is 14.4 Å². The summed E-state index contributed by atoms with van der Waals surface area (Å²) < 4.78 is 15.1. The second kappa shape index (κ2) is 6.06. The number of thiazole rings is 1. The van der Waals surface area contributed by atoms with Crippen molar-refractivity contribution >= 4 is 43.5 Å². The molecule has 0 aliphatic rings. The Bertz CT molecular complexity index is 1170. The summed E-state index contributed by atoms with van der Waals surface area (Å²) in [6.07, 6.45) is 1.35. The number of hydrogen-bond donors (Lipinski definition) is 1. The molecule has 25 heavy (non-hydrogen) atoms. The monoisotopic (exact) mass is 354 g/mol. The fourth-order valence-corrected chi connectivity index (χ4v) is 3.39. The van der Waals surface area contributed by atoms with Gasteiger partial charge in [-0.1, -0.05) is 23.5 Å². The van der Waals surface area contributed by atoms with Crippen molar-refractivity contribution in [2.24, 2.45) is 0 Å². The van der Waals surface area contributed by atoms with Crippen LogP contribution in [0.1, 0.15) is 0 Å². The molecule has 0 aliphatic carbocycles. The van der Waals surface area contributed by atoms with Gasteiger partial charge in [-0.05, 0) is 30.3 Å². The number of halogens is 1. The number of nitrogens with zero attached hydrogens (tertiary/aromatic N) is 3. The van der Waals surface area contributed by atoms with E-state index in [0.717, 1.165) is 0 Å². The third-order valence-corrected chi connectivity index (χ3v) is 4.58. The quantitative estimate of drug-likeness (QED) is 0.614. The molecule has 124 valence electrons. The number of nitrogens with one attached hydrogen (secondary N) is 1. The average Bonchev–Trinajstić information content (AvgIpc) is 2.98. The van der Waals surface area contributed by atoms with Crippen LogP contribution in [0.2, 0.25) is 0 Å². The highest BCUT2D eigenvalue weighted by Gasteiger charge is 2.11. The van der Waals surface area contributed by atoms with Crippen LogP contribution in [0.4, 0.5) is 9.52 Å². The summed E-state index contributed by atoms with van der Waals surface area (Å²) in [4.78, 5) is 33.0. The van der Waals surface area contributed by atoms with Crippen LogP contribution in [-0.4, -0.2) is 20.4 Å². The Hall–Kier alpha value is -3.13. The van der Waals surface area contributed by atoms with E-state index in [4.69, 9.17) is 0 Å². The third kappa shape index (κ3) is 2.99. The highest BCUT2D eigenvalue weighted by molar-refractivity contribution is 7.22. The van der Waals surface area contributed by atoms with E-state index in [-0.39, 0.29) is 17.9 Å². The van der Waals surface area contributed by atoms with Crippen LogP contribution in [0.3, 0.4) is 0 Å². The van der Waals surface area contributed by atoms with Gasteiger partial charge in [0.2, 0.25) is 5.91 Å². The van der Waals surface area contributed by atoms with Gasteiger partial charge in [0.15, 0.2) is 5.13 Å². The van der Waals surface area contributed by atoms with E-state index in [2.05, 4.69) is 15.3 Å². The molecule has 2 aromatic heterocycles. The molecule has 4 rings (SSSR count). The van der Waals surface area contributed by atoms with Crippen molar-refractivity contribution in [2.45, 2.75) is 6.54 Å². The fraction of sp³-hybridized carbons (Fsp3) is 0.0588. The van der Waals surface area contributed by atoms with Crippen LogP contribution in [0.5, 0.6) is 0 Å².